The summed E-state index contributed by atoms with van der Waals surface area (Å²) in [7, 11) is -1.63. The number of Topliss-reactive ketones (excluding diaryl/α,β-unsaturated/α-hetero) is 1. The van der Waals surface area contributed by atoms with Crippen LogP contribution in [0.1, 0.15) is 53.9 Å². The van der Waals surface area contributed by atoms with Crippen molar-refractivity contribution in [3.63, 3.8) is 0 Å². The van der Waals surface area contributed by atoms with E-state index in [1.165, 1.54) is 0 Å². The van der Waals surface area contributed by atoms with Gasteiger partial charge in [0.25, 0.3) is 0 Å². The molecule has 0 saturated heterocycles. The Morgan fingerprint density at radius 1 is 1.31 bits per heavy atom. The summed E-state index contributed by atoms with van der Waals surface area (Å²) in [4.78, 5) is 10.8. The molecule has 16 heavy (non-hydrogen) atoms. The van der Waals surface area contributed by atoms with E-state index in [-0.39, 0.29) is 16.9 Å². The molecule has 0 radical (unpaired) electrons. The summed E-state index contributed by atoms with van der Waals surface area (Å²) in [6.45, 7) is 15.1. The van der Waals surface area contributed by atoms with Crippen LogP contribution >= 0.6 is 0 Å². The lowest BCUT2D eigenvalue weighted by Crippen LogP contribution is -2.43. The fourth-order valence-electron chi connectivity index (χ4n) is 1.38. The maximum atomic E-state index is 10.8. The molecule has 1 atom stereocenters. The normalized spacial score (nSPS) is 14.9. The molecule has 0 aliphatic heterocycles. The SMILES string of the molecule is CC(=O)CCCC(C)O[Si](C)(C)C(C)(C)C. The lowest BCUT2D eigenvalue weighted by molar-refractivity contribution is -0.117. The summed E-state index contributed by atoms with van der Waals surface area (Å²) in [6.07, 6.45) is 2.91. The van der Waals surface area contributed by atoms with Gasteiger partial charge < -0.3 is 9.22 Å². The molecule has 0 saturated carbocycles. The Labute approximate surface area is 102 Å². The zero-order chi connectivity index (χ0) is 13.0. The molecule has 0 fully saturated rings. The third-order valence-electron chi connectivity index (χ3n) is 3.44. The monoisotopic (exact) mass is 244 g/mol. The first kappa shape index (κ1) is 15.8. The smallest absolute Gasteiger partial charge is 0.192 e. The highest BCUT2D eigenvalue weighted by Crippen LogP contribution is 2.37. The second kappa shape index (κ2) is 5.96. The first-order valence-corrected chi connectivity index (χ1v) is 9.14. The Kier molecular flexibility index (Phi) is 5.91. The fraction of sp³-hybridized carbons (Fsp3) is 0.923. The first-order chi connectivity index (χ1) is 7.06. The van der Waals surface area contributed by atoms with Gasteiger partial charge in [-0.15, -0.1) is 0 Å². The van der Waals surface area contributed by atoms with E-state index in [4.69, 9.17) is 4.43 Å². The molecule has 96 valence electrons. The maximum Gasteiger partial charge on any atom is 0.192 e. The lowest BCUT2D eigenvalue weighted by Gasteiger charge is -2.38. The molecule has 0 amide bonds. The van der Waals surface area contributed by atoms with Crippen LogP contribution in [-0.4, -0.2) is 20.2 Å². The van der Waals surface area contributed by atoms with Gasteiger partial charge in [-0.05, 0) is 44.8 Å². The average molecular weight is 244 g/mol. The van der Waals surface area contributed by atoms with E-state index in [2.05, 4.69) is 40.8 Å². The van der Waals surface area contributed by atoms with Crippen LogP contribution in [0.15, 0.2) is 0 Å². The largest absolute Gasteiger partial charge is 0.414 e. The van der Waals surface area contributed by atoms with Gasteiger partial charge in [0, 0.05) is 12.5 Å². The second-order valence-corrected chi connectivity index (χ2v) is 11.0. The van der Waals surface area contributed by atoms with Gasteiger partial charge in [-0.25, -0.2) is 0 Å². The predicted octanol–water partition coefficient (Wildman–Crippen LogP) is 4.16. The van der Waals surface area contributed by atoms with Crippen molar-refractivity contribution in [3.05, 3.63) is 0 Å². The number of carbonyl (C=O) groups excluding carboxylic acids is 1. The molecule has 0 rings (SSSR count). The van der Waals surface area contributed by atoms with Gasteiger partial charge in [-0.2, -0.15) is 0 Å². The number of rotatable bonds is 6. The van der Waals surface area contributed by atoms with Crippen LogP contribution in [0.2, 0.25) is 18.1 Å². The molecule has 0 heterocycles. The van der Waals surface area contributed by atoms with Crippen molar-refractivity contribution in [1.29, 1.82) is 0 Å². The molecule has 0 bridgehead atoms. The predicted molar refractivity (Wildman–Crippen MR) is 72.3 cm³/mol. The molecule has 2 nitrogen and oxygen atoms in total. The van der Waals surface area contributed by atoms with Gasteiger partial charge in [0.05, 0.1) is 0 Å². The third-order valence-corrected chi connectivity index (χ3v) is 8.05. The third kappa shape index (κ3) is 5.80. The highest BCUT2D eigenvalue weighted by molar-refractivity contribution is 6.74. The molecule has 1 unspecified atom stereocenters. The minimum atomic E-state index is -1.63. The van der Waals surface area contributed by atoms with Gasteiger partial charge in [0.2, 0.25) is 0 Å². The molecule has 0 spiro atoms. The summed E-state index contributed by atoms with van der Waals surface area (Å²) in [5.74, 6) is 0.277. The van der Waals surface area contributed by atoms with E-state index in [1.807, 2.05) is 0 Å². The molecular weight excluding hydrogens is 216 g/mol. The summed E-state index contributed by atoms with van der Waals surface area (Å²) in [5, 5.41) is 0.266. The van der Waals surface area contributed by atoms with E-state index >= 15 is 0 Å². The van der Waals surface area contributed by atoms with Crippen LogP contribution in [0.25, 0.3) is 0 Å². The van der Waals surface area contributed by atoms with Gasteiger partial charge in [-0.3, -0.25) is 0 Å². The van der Waals surface area contributed by atoms with Gasteiger partial charge in [-0.1, -0.05) is 20.8 Å². The Morgan fingerprint density at radius 3 is 2.19 bits per heavy atom. The van der Waals surface area contributed by atoms with Crippen molar-refractivity contribution in [3.8, 4) is 0 Å². The van der Waals surface area contributed by atoms with Crippen LogP contribution in [0, 0.1) is 0 Å². The Hall–Kier alpha value is -0.153. The molecule has 0 aromatic rings. The molecule has 0 N–H and O–H groups in total. The number of hydrogen-bond acceptors (Lipinski definition) is 2. The Morgan fingerprint density at radius 2 is 1.81 bits per heavy atom. The van der Waals surface area contributed by atoms with E-state index in [1.54, 1.807) is 6.92 Å². The van der Waals surface area contributed by atoms with Gasteiger partial charge in [0.15, 0.2) is 8.32 Å². The topological polar surface area (TPSA) is 26.3 Å². The molecule has 0 aromatic carbocycles. The minimum absolute atomic E-state index is 0.266. The quantitative estimate of drug-likeness (QED) is 0.656. The van der Waals surface area contributed by atoms with Crippen LogP contribution in [0.3, 0.4) is 0 Å². The van der Waals surface area contributed by atoms with Gasteiger partial charge >= 0.3 is 0 Å². The Bertz CT molecular complexity index is 229. The highest BCUT2D eigenvalue weighted by Gasteiger charge is 2.38. The standard InChI is InChI=1S/C13H28O2Si/c1-11(14)9-8-10-12(2)15-16(6,7)13(3,4)5/h12H,8-10H2,1-7H3. The van der Waals surface area contributed by atoms with Gasteiger partial charge in [0.1, 0.15) is 5.78 Å². The highest BCUT2D eigenvalue weighted by atomic mass is 28.4. The van der Waals surface area contributed by atoms with Crippen molar-refractivity contribution >= 4 is 14.1 Å². The van der Waals surface area contributed by atoms with Crippen LogP contribution in [0.5, 0.6) is 0 Å². The maximum absolute atomic E-state index is 10.8. The van der Waals surface area contributed by atoms with Crippen molar-refractivity contribution in [1.82, 2.24) is 0 Å². The van der Waals surface area contributed by atoms with E-state index < -0.39 is 8.32 Å². The number of ketones is 1. The minimum Gasteiger partial charge on any atom is -0.414 e. The summed E-state index contributed by atoms with van der Waals surface area (Å²) >= 11 is 0. The Balaban J connectivity index is 4.04. The number of hydrogen-bond donors (Lipinski definition) is 0. The van der Waals surface area contributed by atoms with Crippen LogP contribution < -0.4 is 0 Å². The molecule has 0 aromatic heterocycles. The summed E-state index contributed by atoms with van der Waals surface area (Å²) < 4.78 is 6.21. The zero-order valence-corrected chi connectivity index (χ0v) is 13.0. The van der Waals surface area contributed by atoms with E-state index in [9.17, 15) is 4.79 Å². The summed E-state index contributed by atoms with van der Waals surface area (Å²) in [5.41, 5.74) is 0. The molecule has 3 heteroatoms. The van der Waals surface area contributed by atoms with Crippen molar-refractivity contribution in [2.45, 2.75) is 78.1 Å². The van der Waals surface area contributed by atoms with E-state index in [0.717, 1.165) is 12.8 Å². The fourth-order valence-corrected chi connectivity index (χ4v) is 2.85. The second-order valence-electron chi connectivity index (χ2n) is 6.28. The van der Waals surface area contributed by atoms with Crippen molar-refractivity contribution in [2.24, 2.45) is 0 Å². The molecular formula is C13H28O2Si. The molecule has 0 aliphatic rings. The van der Waals surface area contributed by atoms with Crippen molar-refractivity contribution in [2.75, 3.05) is 0 Å². The van der Waals surface area contributed by atoms with Crippen LogP contribution in [-0.2, 0) is 9.22 Å². The van der Waals surface area contributed by atoms with E-state index in [0.29, 0.717) is 6.42 Å². The first-order valence-electron chi connectivity index (χ1n) is 6.23. The summed E-state index contributed by atoms with van der Waals surface area (Å²) in [6, 6.07) is 0. The zero-order valence-electron chi connectivity index (χ0n) is 12.0. The van der Waals surface area contributed by atoms with Crippen LogP contribution in [0.4, 0.5) is 0 Å². The van der Waals surface area contributed by atoms with Crippen molar-refractivity contribution < 1.29 is 9.22 Å². The average Bonchev–Trinajstić information content (AvgIpc) is 1.99. The number of carbonyl (C=O) groups is 1. The molecule has 0 aliphatic carbocycles. The lowest BCUT2D eigenvalue weighted by atomic mass is 10.1.